The van der Waals surface area contributed by atoms with Gasteiger partial charge in [0.05, 0.1) is 5.39 Å². The fraction of sp³-hybridized carbons (Fsp3) is 0.571. The van der Waals surface area contributed by atoms with Gasteiger partial charge in [0.25, 0.3) is 0 Å². The molecule has 3 heterocycles. The predicted octanol–water partition coefficient (Wildman–Crippen LogP) is 2.44. The van der Waals surface area contributed by atoms with Gasteiger partial charge in [-0.25, -0.2) is 4.79 Å². The maximum Gasteiger partial charge on any atom is 0.329 e. The van der Waals surface area contributed by atoms with Crippen molar-refractivity contribution in [1.82, 2.24) is 20.3 Å². The van der Waals surface area contributed by atoms with Gasteiger partial charge in [-0.1, -0.05) is 25.1 Å². The number of anilines is 1. The van der Waals surface area contributed by atoms with Crippen molar-refractivity contribution in [3.8, 4) is 0 Å². The number of urea groups is 1. The van der Waals surface area contributed by atoms with Gasteiger partial charge in [-0.15, -0.1) is 0 Å². The van der Waals surface area contributed by atoms with E-state index in [0.29, 0.717) is 29.9 Å². The van der Waals surface area contributed by atoms with E-state index in [4.69, 9.17) is 4.52 Å². The van der Waals surface area contributed by atoms with Crippen molar-refractivity contribution in [2.24, 2.45) is 5.92 Å². The van der Waals surface area contributed by atoms with Crippen LogP contribution in [0.2, 0.25) is 0 Å². The summed E-state index contributed by atoms with van der Waals surface area (Å²) in [5, 5.41) is 7.24. The summed E-state index contributed by atoms with van der Waals surface area (Å²) >= 11 is 0. The lowest BCUT2D eigenvalue weighted by molar-refractivity contribution is -0.120. The molecule has 1 aromatic heterocycles. The summed E-state index contributed by atoms with van der Waals surface area (Å²) in [6.07, 6.45) is 0.262. The van der Waals surface area contributed by atoms with Crippen molar-refractivity contribution in [2.45, 2.75) is 39.8 Å². The average Bonchev–Trinajstić information content (AvgIpc) is 3.07. The zero-order valence-corrected chi connectivity index (χ0v) is 17.4. The number of imide groups is 1. The van der Waals surface area contributed by atoms with Crippen LogP contribution in [0.1, 0.15) is 32.8 Å². The molecule has 1 atom stereocenters. The van der Waals surface area contributed by atoms with E-state index in [9.17, 15) is 9.59 Å². The number of carbonyl (C=O) groups excluding carboxylic acids is 2. The standard InChI is InChI=1S/C21H29N5O3/c1-14(2)11-24-8-9-25(15(3)12-24)13-16-4-5-18-17(10-16)20(23-29-18)26-7-6-19(27)22-21(26)28/h4-5,10,14-15H,6-9,11-13H2,1-3H3,(H,22,27,28)/t15-/m1/s1. The summed E-state index contributed by atoms with van der Waals surface area (Å²) in [7, 11) is 0. The van der Waals surface area contributed by atoms with Gasteiger partial charge in [0.15, 0.2) is 11.4 Å². The molecule has 0 bridgehead atoms. The summed E-state index contributed by atoms with van der Waals surface area (Å²) in [6, 6.07) is 6.06. The maximum atomic E-state index is 12.2. The van der Waals surface area contributed by atoms with Crippen LogP contribution in [0.15, 0.2) is 22.7 Å². The summed E-state index contributed by atoms with van der Waals surface area (Å²) in [6.45, 7) is 12.3. The molecule has 3 amide bonds. The maximum absolute atomic E-state index is 12.2. The van der Waals surface area contributed by atoms with E-state index in [1.54, 1.807) is 0 Å². The number of fused-ring (bicyclic) bond motifs is 1. The van der Waals surface area contributed by atoms with Crippen LogP contribution >= 0.6 is 0 Å². The fourth-order valence-electron chi connectivity index (χ4n) is 4.25. The molecule has 0 aliphatic carbocycles. The minimum Gasteiger partial charge on any atom is -0.354 e. The zero-order valence-electron chi connectivity index (χ0n) is 17.4. The Morgan fingerprint density at radius 2 is 2.07 bits per heavy atom. The van der Waals surface area contributed by atoms with Gasteiger partial charge >= 0.3 is 6.03 Å². The van der Waals surface area contributed by atoms with Crippen molar-refractivity contribution < 1.29 is 14.1 Å². The second kappa shape index (κ2) is 8.12. The van der Waals surface area contributed by atoms with E-state index in [0.717, 1.165) is 38.1 Å². The smallest absolute Gasteiger partial charge is 0.329 e. The normalized spacial score (nSPS) is 21.9. The van der Waals surface area contributed by atoms with Gasteiger partial charge in [-0.3, -0.25) is 19.9 Å². The van der Waals surface area contributed by atoms with Crippen LogP contribution in [0.25, 0.3) is 11.0 Å². The summed E-state index contributed by atoms with van der Waals surface area (Å²) in [4.78, 5) is 30.1. The van der Waals surface area contributed by atoms with Crippen LogP contribution in [-0.2, 0) is 11.3 Å². The second-order valence-electron chi connectivity index (χ2n) is 8.56. The summed E-state index contributed by atoms with van der Waals surface area (Å²) in [5.41, 5.74) is 1.81. The van der Waals surface area contributed by atoms with Gasteiger partial charge in [0.2, 0.25) is 5.91 Å². The Kier molecular flexibility index (Phi) is 5.56. The van der Waals surface area contributed by atoms with Crippen LogP contribution in [0.3, 0.4) is 0 Å². The lowest BCUT2D eigenvalue weighted by Gasteiger charge is -2.40. The SMILES string of the molecule is CC(C)CN1CCN(Cc2ccc3onc(N4CCC(=O)NC4=O)c3c2)[C@H](C)C1. The lowest BCUT2D eigenvalue weighted by Crippen LogP contribution is -2.52. The summed E-state index contributed by atoms with van der Waals surface area (Å²) in [5.74, 6) is 0.900. The number of hydrogen-bond donors (Lipinski definition) is 1. The van der Waals surface area contributed by atoms with Gasteiger partial charge < -0.3 is 9.42 Å². The molecule has 2 aliphatic rings. The van der Waals surface area contributed by atoms with Crippen molar-refractivity contribution in [3.63, 3.8) is 0 Å². The molecule has 8 nitrogen and oxygen atoms in total. The molecule has 4 rings (SSSR count). The van der Waals surface area contributed by atoms with E-state index in [1.807, 2.05) is 6.07 Å². The Bertz CT molecular complexity index is 909. The molecule has 156 valence electrons. The highest BCUT2D eigenvalue weighted by Gasteiger charge is 2.29. The Morgan fingerprint density at radius 1 is 1.24 bits per heavy atom. The lowest BCUT2D eigenvalue weighted by atomic mass is 10.1. The van der Waals surface area contributed by atoms with Crippen LogP contribution in [-0.4, -0.2) is 65.7 Å². The number of hydrogen-bond acceptors (Lipinski definition) is 6. The highest BCUT2D eigenvalue weighted by Crippen LogP contribution is 2.29. The molecule has 2 aromatic rings. The third-order valence-electron chi connectivity index (χ3n) is 5.68. The first-order chi connectivity index (χ1) is 13.9. The van der Waals surface area contributed by atoms with E-state index >= 15 is 0 Å². The molecule has 1 N–H and O–H groups in total. The number of aromatic nitrogens is 1. The molecule has 2 saturated heterocycles. The zero-order chi connectivity index (χ0) is 20.5. The first-order valence-electron chi connectivity index (χ1n) is 10.4. The van der Waals surface area contributed by atoms with Gasteiger partial charge in [0, 0.05) is 51.7 Å². The Hall–Kier alpha value is -2.45. The van der Waals surface area contributed by atoms with Gasteiger partial charge in [-0.05, 0) is 30.5 Å². The van der Waals surface area contributed by atoms with Crippen LogP contribution in [0.4, 0.5) is 10.6 Å². The van der Waals surface area contributed by atoms with Crippen LogP contribution in [0.5, 0.6) is 0 Å². The van der Waals surface area contributed by atoms with Crippen molar-refractivity contribution >= 4 is 28.7 Å². The third-order valence-corrected chi connectivity index (χ3v) is 5.68. The van der Waals surface area contributed by atoms with E-state index in [-0.39, 0.29) is 12.3 Å². The second-order valence-corrected chi connectivity index (χ2v) is 8.56. The number of amides is 3. The van der Waals surface area contributed by atoms with Crippen LogP contribution < -0.4 is 10.2 Å². The minimum atomic E-state index is -0.447. The molecule has 0 spiro atoms. The topological polar surface area (TPSA) is 81.9 Å². The van der Waals surface area contributed by atoms with Crippen molar-refractivity contribution in [1.29, 1.82) is 0 Å². The van der Waals surface area contributed by atoms with Crippen molar-refractivity contribution in [3.05, 3.63) is 23.8 Å². The van der Waals surface area contributed by atoms with Gasteiger partial charge in [0.1, 0.15) is 0 Å². The highest BCUT2D eigenvalue weighted by atomic mass is 16.5. The van der Waals surface area contributed by atoms with E-state index in [2.05, 4.69) is 53.2 Å². The number of carbonyl (C=O) groups is 2. The first kappa shape index (κ1) is 19.8. The molecule has 0 saturated carbocycles. The molecule has 1 aromatic carbocycles. The Labute approximate surface area is 170 Å². The fourth-order valence-corrected chi connectivity index (χ4v) is 4.25. The number of benzene rings is 1. The van der Waals surface area contributed by atoms with Crippen molar-refractivity contribution in [2.75, 3.05) is 37.6 Å². The van der Waals surface area contributed by atoms with Crippen LogP contribution in [0, 0.1) is 5.92 Å². The molecule has 2 aliphatic heterocycles. The minimum absolute atomic E-state index is 0.259. The molecular weight excluding hydrogens is 370 g/mol. The molecule has 0 unspecified atom stereocenters. The molecule has 29 heavy (non-hydrogen) atoms. The van der Waals surface area contributed by atoms with E-state index < -0.39 is 6.03 Å². The first-order valence-corrected chi connectivity index (χ1v) is 10.4. The number of nitrogens with one attached hydrogen (secondary N) is 1. The number of rotatable bonds is 5. The third kappa shape index (κ3) is 4.28. The Morgan fingerprint density at radius 3 is 2.79 bits per heavy atom. The quantitative estimate of drug-likeness (QED) is 0.832. The number of piperazine rings is 1. The Balaban J connectivity index is 1.49. The summed E-state index contributed by atoms with van der Waals surface area (Å²) < 4.78 is 5.42. The molecule has 0 radical (unpaired) electrons. The molecular formula is C21H29N5O3. The number of nitrogens with zero attached hydrogens (tertiary/aromatic N) is 4. The van der Waals surface area contributed by atoms with E-state index in [1.165, 1.54) is 10.5 Å². The van der Waals surface area contributed by atoms with Gasteiger partial charge in [-0.2, -0.15) is 0 Å². The monoisotopic (exact) mass is 399 g/mol. The molecule has 2 fully saturated rings. The molecule has 8 heteroatoms. The average molecular weight is 399 g/mol. The highest BCUT2D eigenvalue weighted by molar-refractivity contribution is 6.08. The largest absolute Gasteiger partial charge is 0.354 e. The predicted molar refractivity (Wildman–Crippen MR) is 111 cm³/mol.